The summed E-state index contributed by atoms with van der Waals surface area (Å²) in [5.74, 6) is -0.758. The molecule has 2 aromatic carbocycles. The lowest BCUT2D eigenvalue weighted by Gasteiger charge is -2.10. The van der Waals surface area contributed by atoms with Gasteiger partial charge in [-0.1, -0.05) is 39.1 Å². The van der Waals surface area contributed by atoms with E-state index in [0.717, 1.165) is 12.1 Å². The highest BCUT2D eigenvalue weighted by Crippen LogP contribution is 2.40. The molecule has 20 heavy (non-hydrogen) atoms. The number of non-ortho nitro benzene ring substituents is 1. The maximum atomic E-state index is 13.6. The van der Waals surface area contributed by atoms with Crippen LogP contribution in [-0.2, 0) is 0 Å². The van der Waals surface area contributed by atoms with Crippen LogP contribution in [0, 0.1) is 15.9 Å². The van der Waals surface area contributed by atoms with Crippen LogP contribution >= 0.6 is 39.1 Å². The first-order chi connectivity index (χ1) is 9.38. The van der Waals surface area contributed by atoms with Gasteiger partial charge in [-0.2, -0.15) is 0 Å². The summed E-state index contributed by atoms with van der Waals surface area (Å²) in [7, 11) is 0. The maximum Gasteiger partial charge on any atom is 0.272 e. The smallest absolute Gasteiger partial charge is 0.272 e. The number of nitrogens with zero attached hydrogens (tertiary/aromatic N) is 1. The van der Waals surface area contributed by atoms with Crippen molar-refractivity contribution in [3.05, 3.63) is 60.8 Å². The molecule has 0 radical (unpaired) electrons. The number of halogens is 4. The third kappa shape index (κ3) is 3.20. The molecule has 0 aliphatic heterocycles. The molecule has 0 spiro atoms. The van der Waals surface area contributed by atoms with Crippen molar-refractivity contribution < 1.29 is 14.1 Å². The van der Waals surface area contributed by atoms with Crippen LogP contribution in [0.3, 0.4) is 0 Å². The van der Waals surface area contributed by atoms with E-state index >= 15 is 0 Å². The molecule has 0 N–H and O–H groups in total. The lowest BCUT2D eigenvalue weighted by molar-refractivity contribution is -0.384. The fourth-order valence-electron chi connectivity index (χ4n) is 1.41. The van der Waals surface area contributed by atoms with E-state index in [1.807, 2.05) is 0 Å². The van der Waals surface area contributed by atoms with Crippen LogP contribution in [0.5, 0.6) is 11.5 Å². The minimum Gasteiger partial charge on any atom is -0.451 e. The van der Waals surface area contributed by atoms with Crippen molar-refractivity contribution in [2.24, 2.45) is 0 Å². The maximum absolute atomic E-state index is 13.6. The quantitative estimate of drug-likeness (QED) is 0.514. The molecule has 8 heteroatoms. The molecule has 0 amide bonds. The van der Waals surface area contributed by atoms with E-state index < -0.39 is 10.7 Å². The number of nitro groups is 1. The highest BCUT2D eigenvalue weighted by Gasteiger charge is 2.17. The average molecular weight is 381 g/mol. The summed E-state index contributed by atoms with van der Waals surface area (Å²) in [5, 5.41) is 10.5. The molecule has 0 aliphatic rings. The normalized spacial score (nSPS) is 10.4. The zero-order valence-corrected chi connectivity index (χ0v) is 12.7. The second kappa shape index (κ2) is 5.95. The number of rotatable bonds is 3. The van der Waals surface area contributed by atoms with Gasteiger partial charge in [0.2, 0.25) is 0 Å². The predicted octanol–water partition coefficient (Wildman–Crippen LogP) is 5.60. The van der Waals surface area contributed by atoms with Crippen LogP contribution < -0.4 is 4.74 Å². The third-order valence-electron chi connectivity index (χ3n) is 2.30. The first-order valence-electron chi connectivity index (χ1n) is 5.15. The fraction of sp³-hybridized carbons (Fsp3) is 0. The van der Waals surface area contributed by atoms with Gasteiger partial charge in [0.25, 0.3) is 5.69 Å². The Kier molecular flexibility index (Phi) is 4.47. The van der Waals surface area contributed by atoms with E-state index in [1.165, 1.54) is 18.2 Å². The second-order valence-corrected chi connectivity index (χ2v) is 5.40. The Hall–Kier alpha value is -1.37. The monoisotopic (exact) mass is 379 g/mol. The molecule has 2 aromatic rings. The van der Waals surface area contributed by atoms with Gasteiger partial charge in [0.1, 0.15) is 0 Å². The third-order valence-corrected chi connectivity index (χ3v) is 3.35. The molecule has 0 heterocycles. The van der Waals surface area contributed by atoms with Crippen LogP contribution in [0.4, 0.5) is 10.1 Å². The van der Waals surface area contributed by atoms with E-state index in [-0.39, 0.29) is 27.2 Å². The van der Waals surface area contributed by atoms with Crippen LogP contribution in [0.15, 0.2) is 34.8 Å². The number of ether oxygens (including phenoxy) is 1. The van der Waals surface area contributed by atoms with Crippen LogP contribution in [0.2, 0.25) is 10.0 Å². The first-order valence-corrected chi connectivity index (χ1v) is 6.69. The minimum atomic E-state index is -0.638. The number of nitro benzene ring substituents is 1. The van der Waals surface area contributed by atoms with Gasteiger partial charge in [0.15, 0.2) is 17.3 Å². The summed E-state index contributed by atoms with van der Waals surface area (Å²) in [6.45, 7) is 0. The molecule has 4 nitrogen and oxygen atoms in total. The second-order valence-electron chi connectivity index (χ2n) is 3.67. The molecule has 0 bridgehead atoms. The van der Waals surface area contributed by atoms with Gasteiger partial charge in [-0.25, -0.2) is 4.39 Å². The summed E-state index contributed by atoms with van der Waals surface area (Å²) in [6, 6.07) is 6.26. The zero-order chi connectivity index (χ0) is 14.9. The van der Waals surface area contributed by atoms with Gasteiger partial charge in [0.05, 0.1) is 15.0 Å². The van der Waals surface area contributed by atoms with Crippen LogP contribution in [0.25, 0.3) is 0 Å². The average Bonchev–Trinajstić information content (AvgIpc) is 2.37. The van der Waals surface area contributed by atoms with Crippen molar-refractivity contribution in [3.8, 4) is 11.5 Å². The van der Waals surface area contributed by atoms with Gasteiger partial charge in [-0.05, 0) is 18.2 Å². The number of hydrogen-bond donors (Lipinski definition) is 0. The van der Waals surface area contributed by atoms with Crippen molar-refractivity contribution in [2.75, 3.05) is 0 Å². The molecule has 0 fully saturated rings. The molecule has 104 valence electrons. The highest BCUT2D eigenvalue weighted by atomic mass is 79.9. The predicted molar refractivity (Wildman–Crippen MR) is 77.3 cm³/mol. The van der Waals surface area contributed by atoms with E-state index in [4.69, 9.17) is 27.9 Å². The SMILES string of the molecule is O=[N+]([O-])c1cc(Cl)c(Oc2cc(Br)ccc2F)c(Cl)c1. The van der Waals surface area contributed by atoms with Gasteiger partial charge in [0, 0.05) is 16.6 Å². The Morgan fingerprint density at radius 3 is 2.35 bits per heavy atom. The van der Waals surface area contributed by atoms with Gasteiger partial charge in [-0.3, -0.25) is 10.1 Å². The number of hydrogen-bond acceptors (Lipinski definition) is 3. The molecule has 0 unspecified atom stereocenters. The summed E-state index contributed by atoms with van der Waals surface area (Å²) < 4.78 is 19.5. The zero-order valence-electron chi connectivity index (χ0n) is 9.57. The Morgan fingerprint density at radius 2 is 1.80 bits per heavy atom. The Morgan fingerprint density at radius 1 is 1.20 bits per heavy atom. The lowest BCUT2D eigenvalue weighted by atomic mass is 10.3. The summed E-state index contributed by atoms with van der Waals surface area (Å²) >= 11 is 14.9. The largest absolute Gasteiger partial charge is 0.451 e. The van der Waals surface area contributed by atoms with E-state index in [2.05, 4.69) is 15.9 Å². The molecule has 0 aromatic heterocycles. The standard InChI is InChI=1S/C12H5BrCl2FNO3/c13-6-1-2-10(16)11(3-6)20-12-8(14)4-7(17(18)19)5-9(12)15/h1-5H. The fourth-order valence-corrected chi connectivity index (χ4v) is 2.31. The molecule has 0 aliphatic carbocycles. The van der Waals surface area contributed by atoms with Crippen LogP contribution in [0.1, 0.15) is 0 Å². The summed E-state index contributed by atoms with van der Waals surface area (Å²) in [4.78, 5) is 10.0. The Bertz CT molecular complexity index is 673. The topological polar surface area (TPSA) is 52.4 Å². The number of benzene rings is 2. The van der Waals surface area contributed by atoms with Crippen molar-refractivity contribution in [1.29, 1.82) is 0 Å². The van der Waals surface area contributed by atoms with E-state index in [9.17, 15) is 14.5 Å². The highest BCUT2D eigenvalue weighted by molar-refractivity contribution is 9.10. The first kappa shape index (κ1) is 15.0. The van der Waals surface area contributed by atoms with Crippen LogP contribution in [-0.4, -0.2) is 4.92 Å². The minimum absolute atomic E-state index is 0.0454. The van der Waals surface area contributed by atoms with Crippen molar-refractivity contribution >= 4 is 44.8 Å². The van der Waals surface area contributed by atoms with Gasteiger partial charge in [-0.15, -0.1) is 0 Å². The van der Waals surface area contributed by atoms with E-state index in [0.29, 0.717) is 4.47 Å². The van der Waals surface area contributed by atoms with Crippen molar-refractivity contribution in [2.45, 2.75) is 0 Å². The van der Waals surface area contributed by atoms with Crippen molar-refractivity contribution in [3.63, 3.8) is 0 Å². The van der Waals surface area contributed by atoms with Gasteiger partial charge < -0.3 is 4.74 Å². The van der Waals surface area contributed by atoms with E-state index in [1.54, 1.807) is 0 Å². The molecule has 0 saturated heterocycles. The molecule has 0 saturated carbocycles. The molecular formula is C12H5BrCl2FNO3. The summed E-state index contributed by atoms with van der Waals surface area (Å²) in [6.07, 6.45) is 0. The molecular weight excluding hydrogens is 376 g/mol. The summed E-state index contributed by atoms with van der Waals surface area (Å²) in [5.41, 5.74) is -0.276. The molecule has 2 rings (SSSR count). The molecule has 0 atom stereocenters. The van der Waals surface area contributed by atoms with Gasteiger partial charge >= 0.3 is 0 Å². The Balaban J connectivity index is 2.44. The lowest BCUT2D eigenvalue weighted by Crippen LogP contribution is -1.93. The van der Waals surface area contributed by atoms with Crippen molar-refractivity contribution in [1.82, 2.24) is 0 Å². The Labute approximate surface area is 131 Å².